The first kappa shape index (κ1) is 74.0. The van der Waals surface area contributed by atoms with E-state index in [0.717, 1.165) is 73.2 Å². The number of halogens is 3. The molecule has 3 aromatic carbocycles. The Morgan fingerprint density at radius 1 is 0.472 bits per heavy atom. The largest absolute Gasteiger partial charge is 0.493 e. The first-order valence-corrected chi connectivity index (χ1v) is 31.3. The lowest BCUT2D eigenvalue weighted by molar-refractivity contribution is 0.302. The molecule has 0 saturated carbocycles. The second-order valence-corrected chi connectivity index (χ2v) is 25.2. The zero-order valence-corrected chi connectivity index (χ0v) is 59.8. The van der Waals surface area contributed by atoms with E-state index >= 15 is 0 Å². The number of thiophene rings is 1. The number of aryl methyl sites for hydroxylation is 16. The van der Waals surface area contributed by atoms with Crippen molar-refractivity contribution in [3.05, 3.63) is 250 Å². The van der Waals surface area contributed by atoms with Crippen molar-refractivity contribution in [2.45, 2.75) is 150 Å². The van der Waals surface area contributed by atoms with Gasteiger partial charge in [0.2, 0.25) is 0 Å². The summed E-state index contributed by atoms with van der Waals surface area (Å²) < 4.78 is 59.1. The highest BCUT2D eigenvalue weighted by Crippen LogP contribution is 2.34. The van der Waals surface area contributed by atoms with Gasteiger partial charge in [0.1, 0.15) is 69.8 Å². The van der Waals surface area contributed by atoms with Gasteiger partial charge in [-0.2, -0.15) is 0 Å². The Kier molecular flexibility index (Phi) is 29.7. The lowest BCUT2D eigenvalue weighted by Gasteiger charge is -2.13. The second-order valence-electron chi connectivity index (χ2n) is 22.2. The maximum Gasteiger partial charge on any atom is 0.286 e. The summed E-state index contributed by atoms with van der Waals surface area (Å²) in [4.78, 5) is 1.27. The van der Waals surface area contributed by atoms with E-state index in [1.807, 2.05) is 132 Å². The molecule has 0 fully saturated rings. The van der Waals surface area contributed by atoms with Crippen LogP contribution in [0.25, 0.3) is 21.1 Å². The van der Waals surface area contributed by atoms with Crippen LogP contribution in [0.3, 0.4) is 0 Å². The van der Waals surface area contributed by atoms with Crippen LogP contribution in [-0.2, 0) is 12.0 Å². The summed E-state index contributed by atoms with van der Waals surface area (Å²) in [6, 6.07) is 31.4. The van der Waals surface area contributed by atoms with E-state index in [1.165, 1.54) is 64.9 Å². The van der Waals surface area contributed by atoms with Crippen LogP contribution in [0.2, 0.25) is 10.0 Å². The number of hydrogen-bond donors (Lipinski definition) is 0. The minimum atomic E-state index is 0.138. The van der Waals surface area contributed by atoms with Gasteiger partial charge in [-0.15, -0.1) is 11.3 Å². The van der Waals surface area contributed by atoms with E-state index < -0.39 is 0 Å². The molecule has 0 aliphatic carbocycles. The third kappa shape index (κ3) is 23.5. The molecule has 12 aromatic rings. The number of fused-ring (bicyclic) bond motifs is 2. The van der Waals surface area contributed by atoms with Crippen LogP contribution >= 0.6 is 50.5 Å². The number of rotatable bonds is 5. The highest BCUT2D eigenvalue weighted by atomic mass is 79.9. The molecule has 0 amide bonds. The van der Waals surface area contributed by atoms with Gasteiger partial charge in [0.05, 0.1) is 50.6 Å². The standard InChI is InChI=1S/C16H12Cl2OS.C10H9BrO.C10H16O.2C7H10O.2C6H8O2.2C6H8O/c1-10-13(12-4-2-3-5-16(12)20-10)9-19-15-7-6-11(17)8-14(15)18;1-6-7(2)12-10-4-3-8(11)5-9(6)10;1-7-6-9(10(3,4)5)11-8(7)2;1-5-4-8-7(3)6(5)2;1-5-4-6(2)8-7(5)3;1-5-6(7-2)3-4-8-5;1-5-3-4-8-6(5)7-2;2*1-5-3-4-7-6(5)2/h2-8H,9H2,1H3;3-5H,1-2H3;6H,1-5H3;2*4H,1-3H3;2*3-4H,1-2H3;2*3-4H,1-2H3. The van der Waals surface area contributed by atoms with Gasteiger partial charge in [-0.05, 0) is 235 Å². The van der Waals surface area contributed by atoms with Crippen molar-refractivity contribution in [1.29, 1.82) is 0 Å². The maximum absolute atomic E-state index is 6.12. The van der Waals surface area contributed by atoms with Crippen molar-refractivity contribution in [3.8, 4) is 17.4 Å². The Bertz CT molecular complexity index is 3860. The SMILES string of the molecule is COc1ccoc1C.COc1occc1C.Cc1cc(C(C)(C)C)oc1C.Cc1cc(C)c(C)o1.Cc1ccoc1C.Cc1ccoc1C.Cc1coc(C)c1C.Cc1oc2ccc(Br)cc2c1C.Cc1sc2ccccc2c1COc1ccc(Cl)cc1Cl. The fourth-order valence-electron chi connectivity index (χ4n) is 7.84. The van der Waals surface area contributed by atoms with Crippen LogP contribution in [0, 0.1) is 118 Å². The highest BCUT2D eigenvalue weighted by Gasteiger charge is 2.19. The summed E-state index contributed by atoms with van der Waals surface area (Å²) in [5.74, 6) is 11.1. The van der Waals surface area contributed by atoms with Gasteiger partial charge in [0, 0.05) is 47.1 Å². The number of ether oxygens (including phenoxy) is 3. The zero-order chi connectivity index (χ0) is 66.3. The number of benzene rings is 3. The molecular weight excluding hydrogens is 1250 g/mol. The van der Waals surface area contributed by atoms with Crippen LogP contribution in [0.4, 0.5) is 0 Å². The zero-order valence-electron chi connectivity index (χ0n) is 55.9. The van der Waals surface area contributed by atoms with Crippen molar-refractivity contribution >= 4 is 71.5 Å². The molecule has 0 spiro atoms. The molecule has 11 nitrogen and oxygen atoms in total. The van der Waals surface area contributed by atoms with Crippen molar-refractivity contribution in [2.24, 2.45) is 0 Å². The predicted octanol–water partition coefficient (Wildman–Crippen LogP) is 24.5. The normalized spacial score (nSPS) is 10.3. The topological polar surface area (TPSA) is 133 Å². The molecule has 0 aliphatic heterocycles. The Morgan fingerprint density at radius 3 is 1.44 bits per heavy atom. The van der Waals surface area contributed by atoms with E-state index in [0.29, 0.717) is 28.3 Å². The minimum Gasteiger partial charge on any atom is -0.493 e. The fraction of sp³-hybridized carbons (Fsp3) is 0.324. The van der Waals surface area contributed by atoms with Gasteiger partial charge in [0.15, 0.2) is 5.75 Å². The molecule has 12 rings (SSSR count). The van der Waals surface area contributed by atoms with Gasteiger partial charge in [0.25, 0.3) is 5.95 Å². The fourth-order valence-corrected chi connectivity index (χ4v) is 9.73. The van der Waals surface area contributed by atoms with E-state index in [4.69, 9.17) is 72.7 Å². The molecule has 9 heterocycles. The molecule has 0 bridgehead atoms. The monoisotopic (exact) mass is 1330 g/mol. The molecule has 478 valence electrons. The van der Waals surface area contributed by atoms with Gasteiger partial charge in [-0.1, -0.05) is 78.1 Å². The Morgan fingerprint density at radius 2 is 1.06 bits per heavy atom. The first-order chi connectivity index (χ1) is 41.9. The maximum atomic E-state index is 6.12. The molecule has 89 heavy (non-hydrogen) atoms. The van der Waals surface area contributed by atoms with Gasteiger partial charge in [-0.25, -0.2) is 0 Å². The van der Waals surface area contributed by atoms with E-state index in [9.17, 15) is 0 Å². The Labute approximate surface area is 549 Å². The minimum absolute atomic E-state index is 0.138. The molecule has 0 N–H and O–H groups in total. The molecule has 0 aliphatic rings. The average Bonchev–Trinajstić information content (AvgIpc) is 2.26. The number of hydrogen-bond acceptors (Lipinski definition) is 12. The molecule has 9 aromatic heterocycles. The van der Waals surface area contributed by atoms with Crippen molar-refractivity contribution in [1.82, 2.24) is 0 Å². The number of furan rings is 8. The smallest absolute Gasteiger partial charge is 0.286 e. The summed E-state index contributed by atoms with van der Waals surface area (Å²) in [5, 5.41) is 3.59. The van der Waals surface area contributed by atoms with Gasteiger partial charge >= 0.3 is 0 Å². The summed E-state index contributed by atoms with van der Waals surface area (Å²) in [6.07, 6.45) is 8.39. The summed E-state index contributed by atoms with van der Waals surface area (Å²) >= 11 is 17.2. The molecule has 0 unspecified atom stereocenters. The quantitative estimate of drug-likeness (QED) is 0.163. The Balaban J connectivity index is 0.000000220. The predicted molar refractivity (Wildman–Crippen MR) is 370 cm³/mol. The van der Waals surface area contributed by atoms with Crippen molar-refractivity contribution in [3.63, 3.8) is 0 Å². The Hall–Kier alpha value is -7.42. The second kappa shape index (κ2) is 35.7. The molecule has 15 heteroatoms. The lowest BCUT2D eigenvalue weighted by atomic mass is 9.93. The third-order valence-corrected chi connectivity index (χ3v) is 16.4. The van der Waals surface area contributed by atoms with E-state index in [-0.39, 0.29) is 5.41 Å². The lowest BCUT2D eigenvalue weighted by Crippen LogP contribution is -2.09. The molecule has 0 atom stereocenters. The van der Waals surface area contributed by atoms with Crippen LogP contribution < -0.4 is 14.2 Å². The molecule has 0 radical (unpaired) electrons. The highest BCUT2D eigenvalue weighted by molar-refractivity contribution is 9.10. The van der Waals surface area contributed by atoms with Crippen molar-refractivity contribution in [2.75, 3.05) is 14.2 Å². The number of methoxy groups -OCH3 is 2. The summed E-state index contributed by atoms with van der Waals surface area (Å²) in [6.45, 7) is 41.1. The third-order valence-electron chi connectivity index (χ3n) is 14.3. The van der Waals surface area contributed by atoms with Crippen LogP contribution in [0.15, 0.2) is 168 Å². The molecular formula is C74H89BrCl2O11S. The first-order valence-electron chi connectivity index (χ1n) is 29.0. The summed E-state index contributed by atoms with van der Waals surface area (Å²) in [5.41, 5.74) is 12.0. The average molecular weight is 1340 g/mol. The van der Waals surface area contributed by atoms with Gasteiger partial charge in [-0.3, -0.25) is 0 Å². The van der Waals surface area contributed by atoms with Crippen molar-refractivity contribution < 1.29 is 49.5 Å². The summed E-state index contributed by atoms with van der Waals surface area (Å²) in [7, 11) is 3.21. The van der Waals surface area contributed by atoms with Crippen LogP contribution in [-0.4, -0.2) is 14.2 Å². The van der Waals surface area contributed by atoms with Gasteiger partial charge < -0.3 is 49.5 Å². The van der Waals surface area contributed by atoms with Crippen LogP contribution in [0.5, 0.6) is 17.4 Å². The van der Waals surface area contributed by atoms with E-state index in [1.54, 1.807) is 81.1 Å². The van der Waals surface area contributed by atoms with E-state index in [2.05, 4.69) is 94.7 Å². The molecule has 0 saturated heterocycles. The van der Waals surface area contributed by atoms with Crippen LogP contribution in [0.1, 0.15) is 128 Å².